The van der Waals surface area contributed by atoms with Gasteiger partial charge >= 0.3 is 5.97 Å². The van der Waals surface area contributed by atoms with E-state index in [4.69, 9.17) is 5.11 Å². The maximum Gasteiger partial charge on any atom is 0.303 e. The number of nitrogens with zero attached hydrogens (tertiary/aromatic N) is 4. The molecule has 0 radical (unpaired) electrons. The molecule has 0 amide bonds. The average molecular weight is 240 g/mol. The molecule has 0 saturated heterocycles. The number of hydrogen-bond donors (Lipinski definition) is 1. The van der Waals surface area contributed by atoms with Crippen molar-refractivity contribution in [1.82, 2.24) is 20.2 Å². The Hall–Kier alpha value is -1.46. The molecule has 0 spiro atoms. The van der Waals surface area contributed by atoms with E-state index in [1.54, 1.807) is 4.68 Å². The predicted octanol–water partition coefficient (Wildman–Crippen LogP) is 1.37. The van der Waals surface area contributed by atoms with Crippen LogP contribution in [0, 0.1) is 11.8 Å². The summed E-state index contributed by atoms with van der Waals surface area (Å²) in [5.74, 6) is 0.639. The Morgan fingerprint density at radius 2 is 2.18 bits per heavy atom. The van der Waals surface area contributed by atoms with Gasteiger partial charge in [0, 0.05) is 19.4 Å². The highest BCUT2D eigenvalue weighted by atomic mass is 16.4. The fourth-order valence-electron chi connectivity index (χ4n) is 1.71. The average Bonchev–Trinajstić information content (AvgIpc) is 2.63. The number of tetrazole rings is 1. The molecule has 17 heavy (non-hydrogen) atoms. The highest BCUT2D eigenvalue weighted by Gasteiger charge is 2.15. The zero-order chi connectivity index (χ0) is 12.8. The SMILES string of the molecule is CCC(CC(=O)O)Cn1nnnc1CC(C)C. The van der Waals surface area contributed by atoms with Gasteiger partial charge in [-0.05, 0) is 22.3 Å². The molecule has 1 unspecified atom stereocenters. The molecule has 1 heterocycles. The summed E-state index contributed by atoms with van der Waals surface area (Å²) in [5.41, 5.74) is 0. The number of aromatic nitrogens is 4. The zero-order valence-corrected chi connectivity index (χ0v) is 10.6. The molecule has 0 saturated carbocycles. The van der Waals surface area contributed by atoms with Crippen LogP contribution in [0.5, 0.6) is 0 Å². The first-order chi connectivity index (χ1) is 8.02. The van der Waals surface area contributed by atoms with Crippen molar-refractivity contribution in [3.05, 3.63) is 5.82 Å². The second-order valence-electron chi connectivity index (χ2n) is 4.75. The lowest BCUT2D eigenvalue weighted by molar-refractivity contribution is -0.138. The van der Waals surface area contributed by atoms with E-state index in [2.05, 4.69) is 29.4 Å². The van der Waals surface area contributed by atoms with E-state index in [-0.39, 0.29) is 12.3 Å². The molecule has 96 valence electrons. The van der Waals surface area contributed by atoms with Gasteiger partial charge in [-0.15, -0.1) is 5.10 Å². The van der Waals surface area contributed by atoms with Crippen LogP contribution in [-0.2, 0) is 17.8 Å². The van der Waals surface area contributed by atoms with Crippen molar-refractivity contribution in [3.63, 3.8) is 0 Å². The highest BCUT2D eigenvalue weighted by molar-refractivity contribution is 5.66. The van der Waals surface area contributed by atoms with Crippen LogP contribution < -0.4 is 0 Å². The Bertz CT molecular complexity index is 362. The van der Waals surface area contributed by atoms with E-state index >= 15 is 0 Å². The largest absolute Gasteiger partial charge is 0.481 e. The topological polar surface area (TPSA) is 80.9 Å². The van der Waals surface area contributed by atoms with Crippen molar-refractivity contribution in [1.29, 1.82) is 0 Å². The molecule has 0 bridgehead atoms. The Kier molecular flexibility index (Phi) is 5.06. The summed E-state index contributed by atoms with van der Waals surface area (Å²) < 4.78 is 1.73. The van der Waals surface area contributed by atoms with E-state index < -0.39 is 5.97 Å². The summed E-state index contributed by atoms with van der Waals surface area (Å²) in [4.78, 5) is 10.7. The van der Waals surface area contributed by atoms with Crippen molar-refractivity contribution in [2.24, 2.45) is 11.8 Å². The van der Waals surface area contributed by atoms with Crippen molar-refractivity contribution in [2.75, 3.05) is 0 Å². The second kappa shape index (κ2) is 6.32. The molecule has 0 aliphatic heterocycles. The number of hydrogen-bond acceptors (Lipinski definition) is 4. The van der Waals surface area contributed by atoms with Crippen molar-refractivity contribution >= 4 is 5.97 Å². The van der Waals surface area contributed by atoms with Gasteiger partial charge in [-0.25, -0.2) is 4.68 Å². The third-order valence-corrected chi connectivity index (χ3v) is 2.67. The van der Waals surface area contributed by atoms with Gasteiger partial charge in [0.1, 0.15) is 0 Å². The molecule has 6 nitrogen and oxygen atoms in total. The van der Waals surface area contributed by atoms with Gasteiger partial charge in [0.2, 0.25) is 0 Å². The number of carboxylic acid groups (broad SMARTS) is 1. The van der Waals surface area contributed by atoms with E-state index in [9.17, 15) is 4.79 Å². The number of carboxylic acids is 1. The molecular formula is C11H20N4O2. The first-order valence-electron chi connectivity index (χ1n) is 5.99. The summed E-state index contributed by atoms with van der Waals surface area (Å²) in [6, 6.07) is 0. The number of rotatable bonds is 7. The molecule has 1 rings (SSSR count). The van der Waals surface area contributed by atoms with E-state index in [0.29, 0.717) is 12.5 Å². The number of carbonyl (C=O) groups is 1. The van der Waals surface area contributed by atoms with Crippen LogP contribution in [0.3, 0.4) is 0 Å². The summed E-state index contributed by atoms with van der Waals surface area (Å²) in [6.07, 6.45) is 1.79. The molecule has 0 fully saturated rings. The fourth-order valence-corrected chi connectivity index (χ4v) is 1.71. The van der Waals surface area contributed by atoms with Gasteiger partial charge in [-0.3, -0.25) is 4.79 Å². The minimum absolute atomic E-state index is 0.0851. The fraction of sp³-hybridized carbons (Fsp3) is 0.818. The molecule has 1 atom stereocenters. The molecular weight excluding hydrogens is 220 g/mol. The van der Waals surface area contributed by atoms with Gasteiger partial charge in [-0.2, -0.15) is 0 Å². The van der Waals surface area contributed by atoms with Crippen LogP contribution in [-0.4, -0.2) is 31.3 Å². The minimum Gasteiger partial charge on any atom is -0.481 e. The quantitative estimate of drug-likeness (QED) is 0.778. The van der Waals surface area contributed by atoms with E-state index in [1.807, 2.05) is 6.92 Å². The van der Waals surface area contributed by atoms with Crippen molar-refractivity contribution in [2.45, 2.75) is 46.6 Å². The van der Waals surface area contributed by atoms with E-state index in [0.717, 1.165) is 18.7 Å². The molecule has 1 N–H and O–H groups in total. The van der Waals surface area contributed by atoms with Crippen molar-refractivity contribution in [3.8, 4) is 0 Å². The Balaban J connectivity index is 2.65. The third kappa shape index (κ3) is 4.50. The molecule has 0 aliphatic rings. The molecule has 0 aliphatic carbocycles. The molecule has 6 heteroatoms. The minimum atomic E-state index is -0.768. The standard InChI is InChI=1S/C11H20N4O2/c1-4-9(6-11(16)17)7-15-10(5-8(2)3)12-13-14-15/h8-9H,4-7H2,1-3H3,(H,16,17). The smallest absolute Gasteiger partial charge is 0.303 e. The second-order valence-corrected chi connectivity index (χ2v) is 4.75. The molecule has 1 aromatic rings. The molecule has 0 aromatic carbocycles. The van der Waals surface area contributed by atoms with Crippen LogP contribution in [0.2, 0.25) is 0 Å². The lowest BCUT2D eigenvalue weighted by Gasteiger charge is -2.13. The summed E-state index contributed by atoms with van der Waals surface area (Å²) in [5, 5.41) is 20.4. The van der Waals surface area contributed by atoms with Crippen LogP contribution in [0.1, 0.15) is 39.4 Å². The Labute approximate surface area is 101 Å². The summed E-state index contributed by atoms with van der Waals surface area (Å²) in [7, 11) is 0. The Morgan fingerprint density at radius 3 is 2.71 bits per heavy atom. The normalized spacial score (nSPS) is 12.9. The Morgan fingerprint density at radius 1 is 1.47 bits per heavy atom. The van der Waals surface area contributed by atoms with Crippen LogP contribution in [0.25, 0.3) is 0 Å². The highest BCUT2D eigenvalue weighted by Crippen LogP contribution is 2.13. The van der Waals surface area contributed by atoms with Gasteiger partial charge in [0.15, 0.2) is 5.82 Å². The first-order valence-corrected chi connectivity index (χ1v) is 5.99. The lowest BCUT2D eigenvalue weighted by atomic mass is 10.0. The van der Waals surface area contributed by atoms with E-state index in [1.165, 1.54) is 0 Å². The van der Waals surface area contributed by atoms with Gasteiger partial charge in [0.05, 0.1) is 0 Å². The predicted molar refractivity (Wildman–Crippen MR) is 62.4 cm³/mol. The van der Waals surface area contributed by atoms with Crippen LogP contribution >= 0.6 is 0 Å². The zero-order valence-electron chi connectivity index (χ0n) is 10.6. The third-order valence-electron chi connectivity index (χ3n) is 2.67. The maximum absolute atomic E-state index is 10.7. The van der Waals surface area contributed by atoms with Crippen LogP contribution in [0.15, 0.2) is 0 Å². The summed E-state index contributed by atoms with van der Waals surface area (Å²) in [6.45, 7) is 6.78. The summed E-state index contributed by atoms with van der Waals surface area (Å²) >= 11 is 0. The van der Waals surface area contributed by atoms with Crippen molar-refractivity contribution < 1.29 is 9.90 Å². The molecule has 1 aromatic heterocycles. The lowest BCUT2D eigenvalue weighted by Crippen LogP contribution is -2.18. The first kappa shape index (κ1) is 13.6. The van der Waals surface area contributed by atoms with Gasteiger partial charge in [0.25, 0.3) is 0 Å². The van der Waals surface area contributed by atoms with Crippen LogP contribution in [0.4, 0.5) is 0 Å². The maximum atomic E-state index is 10.7. The number of aliphatic carboxylic acids is 1. The monoisotopic (exact) mass is 240 g/mol. The van der Waals surface area contributed by atoms with Gasteiger partial charge in [-0.1, -0.05) is 27.2 Å². The van der Waals surface area contributed by atoms with Gasteiger partial charge < -0.3 is 5.11 Å².